The zero-order valence-electron chi connectivity index (χ0n) is 12.3. The van der Waals surface area contributed by atoms with Crippen molar-refractivity contribution in [3.05, 3.63) is 59.2 Å². The van der Waals surface area contributed by atoms with Gasteiger partial charge in [0.1, 0.15) is 18.2 Å². The van der Waals surface area contributed by atoms with Gasteiger partial charge < -0.3 is 4.84 Å². The van der Waals surface area contributed by atoms with E-state index in [4.69, 9.17) is 4.84 Å². The average Bonchev–Trinajstić information content (AvgIpc) is 2.47. The third-order valence-corrected chi connectivity index (χ3v) is 3.20. The van der Waals surface area contributed by atoms with Crippen molar-refractivity contribution in [3.63, 3.8) is 0 Å². The number of aryl methyl sites for hydroxylation is 1. The summed E-state index contributed by atoms with van der Waals surface area (Å²) < 4.78 is 27.6. The molecular weight excluding hydrogens is 272 g/mol. The van der Waals surface area contributed by atoms with Crippen molar-refractivity contribution in [1.29, 1.82) is 0 Å². The number of nitrogens with zero attached hydrogens (tertiary/aromatic N) is 1. The molecule has 21 heavy (non-hydrogen) atoms. The second-order valence-corrected chi connectivity index (χ2v) is 4.75. The molecule has 0 spiro atoms. The normalized spacial score (nSPS) is 11.6. The van der Waals surface area contributed by atoms with Gasteiger partial charge in [0, 0.05) is 5.56 Å². The Morgan fingerprint density at radius 3 is 2.57 bits per heavy atom. The van der Waals surface area contributed by atoms with Crippen LogP contribution in [-0.4, -0.2) is 12.3 Å². The largest absolute Gasteiger partial charge is 0.396 e. The molecule has 110 valence electrons. The molecular formula is C17H17F2NO. The fourth-order valence-corrected chi connectivity index (χ4v) is 2.09. The van der Waals surface area contributed by atoms with Crippen LogP contribution in [0.3, 0.4) is 0 Å². The Hall–Kier alpha value is -2.23. The van der Waals surface area contributed by atoms with Gasteiger partial charge in [0.05, 0.1) is 5.71 Å². The van der Waals surface area contributed by atoms with E-state index in [0.29, 0.717) is 29.0 Å². The number of oxime groups is 1. The molecule has 0 radical (unpaired) electrons. The first kappa shape index (κ1) is 15.2. The molecule has 0 aliphatic carbocycles. The third kappa shape index (κ3) is 3.45. The monoisotopic (exact) mass is 289 g/mol. The molecule has 2 aromatic carbocycles. The van der Waals surface area contributed by atoms with Crippen LogP contribution >= 0.6 is 0 Å². The van der Waals surface area contributed by atoms with Gasteiger partial charge in [0.2, 0.25) is 0 Å². The van der Waals surface area contributed by atoms with Gasteiger partial charge in [0.15, 0.2) is 0 Å². The van der Waals surface area contributed by atoms with Gasteiger partial charge in [-0.15, -0.1) is 0 Å². The Labute approximate surface area is 123 Å². The number of hydrogen-bond donors (Lipinski definition) is 0. The highest BCUT2D eigenvalue weighted by molar-refractivity contribution is 5.99. The van der Waals surface area contributed by atoms with Gasteiger partial charge in [-0.05, 0) is 61.7 Å². The van der Waals surface area contributed by atoms with Crippen LogP contribution in [0.5, 0.6) is 0 Å². The first-order chi connectivity index (χ1) is 10.0. The first-order valence-electron chi connectivity index (χ1n) is 6.76. The zero-order chi connectivity index (χ0) is 15.4. The lowest BCUT2D eigenvalue weighted by Crippen LogP contribution is -2.00. The predicted molar refractivity (Wildman–Crippen MR) is 80.4 cm³/mol. The van der Waals surface area contributed by atoms with Crippen molar-refractivity contribution in [2.45, 2.75) is 20.8 Å². The van der Waals surface area contributed by atoms with Gasteiger partial charge in [-0.25, -0.2) is 8.78 Å². The van der Waals surface area contributed by atoms with Crippen molar-refractivity contribution in [2.24, 2.45) is 5.16 Å². The standard InChI is InChI=1S/C17H17F2NO/c1-4-21-20-12(3)15-8-6-13(9-17(15)19)16-10-14(18)7-5-11(16)2/h5-10H,4H2,1-3H3. The van der Waals surface area contributed by atoms with Gasteiger partial charge in [-0.1, -0.05) is 17.3 Å². The Morgan fingerprint density at radius 2 is 1.90 bits per heavy atom. The SMILES string of the molecule is CCON=C(C)c1ccc(-c2cc(F)ccc2C)cc1F. The van der Waals surface area contributed by atoms with Crippen molar-refractivity contribution in [1.82, 2.24) is 0 Å². The van der Waals surface area contributed by atoms with Crippen molar-refractivity contribution in [3.8, 4) is 11.1 Å². The van der Waals surface area contributed by atoms with E-state index in [1.807, 2.05) is 13.8 Å². The Kier molecular flexibility index (Phi) is 4.68. The molecule has 0 aliphatic heterocycles. The van der Waals surface area contributed by atoms with E-state index in [-0.39, 0.29) is 5.82 Å². The first-order valence-corrected chi connectivity index (χ1v) is 6.76. The molecule has 0 unspecified atom stereocenters. The van der Waals surface area contributed by atoms with E-state index in [1.54, 1.807) is 25.1 Å². The minimum atomic E-state index is -0.405. The predicted octanol–water partition coefficient (Wildman–Crippen LogP) is 4.70. The van der Waals surface area contributed by atoms with E-state index in [9.17, 15) is 8.78 Å². The highest BCUT2D eigenvalue weighted by Gasteiger charge is 2.10. The van der Waals surface area contributed by atoms with E-state index in [1.165, 1.54) is 18.2 Å². The van der Waals surface area contributed by atoms with Crippen LogP contribution in [0.4, 0.5) is 8.78 Å². The summed E-state index contributed by atoms with van der Waals surface area (Å²) in [5.41, 5.74) is 3.05. The molecule has 0 fully saturated rings. The van der Waals surface area contributed by atoms with Crippen LogP contribution in [0, 0.1) is 18.6 Å². The second-order valence-electron chi connectivity index (χ2n) is 4.75. The number of benzene rings is 2. The summed E-state index contributed by atoms with van der Waals surface area (Å²) in [6, 6.07) is 9.26. The summed E-state index contributed by atoms with van der Waals surface area (Å²) in [5.74, 6) is -0.744. The van der Waals surface area contributed by atoms with Gasteiger partial charge in [-0.2, -0.15) is 0 Å². The van der Waals surface area contributed by atoms with E-state index in [0.717, 1.165) is 5.56 Å². The summed E-state index contributed by atoms with van der Waals surface area (Å²) in [5, 5.41) is 3.82. The molecule has 0 heterocycles. The molecule has 2 nitrogen and oxygen atoms in total. The number of hydrogen-bond acceptors (Lipinski definition) is 2. The number of halogens is 2. The molecule has 0 saturated heterocycles. The zero-order valence-corrected chi connectivity index (χ0v) is 12.3. The van der Waals surface area contributed by atoms with Gasteiger partial charge in [-0.3, -0.25) is 0 Å². The van der Waals surface area contributed by atoms with E-state index in [2.05, 4.69) is 5.16 Å². The topological polar surface area (TPSA) is 21.6 Å². The molecule has 0 aliphatic rings. The molecule has 0 amide bonds. The smallest absolute Gasteiger partial charge is 0.132 e. The lowest BCUT2D eigenvalue weighted by molar-refractivity contribution is 0.159. The summed E-state index contributed by atoms with van der Waals surface area (Å²) in [7, 11) is 0. The fourth-order valence-electron chi connectivity index (χ4n) is 2.09. The molecule has 0 bridgehead atoms. The molecule has 2 rings (SSSR count). The number of rotatable bonds is 4. The lowest BCUT2D eigenvalue weighted by atomic mass is 9.98. The fraction of sp³-hybridized carbons (Fsp3) is 0.235. The Morgan fingerprint density at radius 1 is 1.14 bits per heavy atom. The van der Waals surface area contributed by atoms with Crippen LogP contribution in [0.1, 0.15) is 25.0 Å². The lowest BCUT2D eigenvalue weighted by Gasteiger charge is -2.09. The van der Waals surface area contributed by atoms with Crippen molar-refractivity contribution in [2.75, 3.05) is 6.61 Å². The second kappa shape index (κ2) is 6.48. The highest BCUT2D eigenvalue weighted by atomic mass is 19.1. The highest BCUT2D eigenvalue weighted by Crippen LogP contribution is 2.26. The van der Waals surface area contributed by atoms with Crippen LogP contribution in [-0.2, 0) is 4.84 Å². The van der Waals surface area contributed by atoms with Crippen LogP contribution in [0.15, 0.2) is 41.6 Å². The quantitative estimate of drug-likeness (QED) is 0.590. The maximum Gasteiger partial charge on any atom is 0.132 e. The maximum absolute atomic E-state index is 14.2. The Balaban J connectivity index is 2.41. The van der Waals surface area contributed by atoms with Crippen LogP contribution in [0.2, 0.25) is 0 Å². The molecule has 0 aromatic heterocycles. The Bertz CT molecular complexity index is 680. The summed E-state index contributed by atoms with van der Waals surface area (Å²) in [6.07, 6.45) is 0. The molecule has 0 N–H and O–H groups in total. The van der Waals surface area contributed by atoms with Crippen LogP contribution in [0.25, 0.3) is 11.1 Å². The van der Waals surface area contributed by atoms with Gasteiger partial charge >= 0.3 is 0 Å². The summed E-state index contributed by atoms with van der Waals surface area (Å²) in [6.45, 7) is 5.78. The minimum absolute atomic E-state index is 0.339. The molecule has 0 saturated carbocycles. The minimum Gasteiger partial charge on any atom is -0.396 e. The van der Waals surface area contributed by atoms with E-state index < -0.39 is 5.82 Å². The van der Waals surface area contributed by atoms with Crippen molar-refractivity contribution < 1.29 is 13.6 Å². The molecule has 2 aromatic rings. The summed E-state index contributed by atoms with van der Waals surface area (Å²) >= 11 is 0. The van der Waals surface area contributed by atoms with Crippen molar-refractivity contribution >= 4 is 5.71 Å². The van der Waals surface area contributed by atoms with Gasteiger partial charge in [0.25, 0.3) is 0 Å². The summed E-state index contributed by atoms with van der Waals surface area (Å²) in [4.78, 5) is 4.93. The molecule has 0 atom stereocenters. The van der Waals surface area contributed by atoms with Crippen LogP contribution < -0.4 is 0 Å². The third-order valence-electron chi connectivity index (χ3n) is 3.20. The maximum atomic E-state index is 14.2. The van der Waals surface area contributed by atoms with E-state index >= 15 is 0 Å². The average molecular weight is 289 g/mol. The molecule has 4 heteroatoms.